The van der Waals surface area contributed by atoms with Gasteiger partial charge in [0.2, 0.25) is 0 Å². The van der Waals surface area contributed by atoms with E-state index < -0.39 is 144 Å². The van der Waals surface area contributed by atoms with Crippen LogP contribution in [0.5, 0.6) is 0 Å². The Morgan fingerprint density at radius 1 is 0.316 bits per heavy atom. The van der Waals surface area contributed by atoms with Gasteiger partial charge in [0, 0.05) is 0 Å². The molecule has 0 fully saturated rings. The standard InChI is InChI=1S/C24BF20.C10H23OS/c26-5-1(6(27)14(35)21(42)13(5)34)25(2-7(28)15(36)22(43)16(37)8(2)29,3-9(30)17(38)23(44)18(39)10(3)31)4-11(32)19(40)24(45)20(41)12(4)33;1-4-5-6-7-8-9-10-11-12(2)3/h;4-10H2,1-3H3/q-1;+1. The van der Waals surface area contributed by atoms with Crippen LogP contribution in [-0.2, 0) is 15.4 Å². The molecule has 0 saturated heterocycles. The summed E-state index contributed by atoms with van der Waals surface area (Å²) in [5.41, 5.74) is -14.3. The molecule has 0 aliphatic rings. The maximum absolute atomic E-state index is 15.4. The molecule has 4 rings (SSSR count). The fraction of sp³-hybridized carbons (Fsp3) is 0.294. The monoisotopic (exact) mass is 870 g/mol. The zero-order valence-corrected chi connectivity index (χ0v) is 29.7. The number of rotatable bonds is 12. The first-order valence-electron chi connectivity index (χ1n) is 15.9. The van der Waals surface area contributed by atoms with Gasteiger partial charge in [-0.3, -0.25) is 0 Å². The van der Waals surface area contributed by atoms with Crippen LogP contribution in [0.25, 0.3) is 0 Å². The largest absolute Gasteiger partial charge is 0.207 e. The fourth-order valence-corrected chi connectivity index (χ4v) is 6.43. The molecule has 0 saturated carbocycles. The summed E-state index contributed by atoms with van der Waals surface area (Å²) in [6.45, 7) is 3.21. The molecule has 4 aromatic carbocycles. The Balaban J connectivity index is 0.000000626. The Bertz CT molecular complexity index is 1780. The molecule has 314 valence electrons. The first-order chi connectivity index (χ1) is 26.5. The van der Waals surface area contributed by atoms with Crippen LogP contribution in [-0.4, -0.2) is 25.3 Å². The van der Waals surface area contributed by atoms with Gasteiger partial charge in [-0.15, -0.1) is 21.9 Å². The number of hydrogen-bond donors (Lipinski definition) is 0. The van der Waals surface area contributed by atoms with Gasteiger partial charge in [-0.2, -0.15) is 4.18 Å². The molecule has 0 aliphatic carbocycles. The highest BCUT2D eigenvalue weighted by Gasteiger charge is 2.52. The van der Waals surface area contributed by atoms with Gasteiger partial charge < -0.3 is 0 Å². The van der Waals surface area contributed by atoms with Crippen molar-refractivity contribution in [2.24, 2.45) is 0 Å². The van der Waals surface area contributed by atoms with Crippen molar-refractivity contribution in [2.75, 3.05) is 19.1 Å². The summed E-state index contributed by atoms with van der Waals surface area (Å²) < 4.78 is 299. The third kappa shape index (κ3) is 8.27. The van der Waals surface area contributed by atoms with Gasteiger partial charge >= 0.3 is 0 Å². The summed E-state index contributed by atoms with van der Waals surface area (Å²) in [5, 5.41) is 0. The van der Waals surface area contributed by atoms with Crippen LogP contribution in [0.4, 0.5) is 87.8 Å². The Labute approximate surface area is 312 Å². The molecule has 0 atom stereocenters. The molecule has 0 bridgehead atoms. The lowest BCUT2D eigenvalue weighted by Crippen LogP contribution is -2.81. The summed E-state index contributed by atoms with van der Waals surface area (Å²) in [5.74, 6) is -71.4. The third-order valence-corrected chi connectivity index (χ3v) is 9.16. The topological polar surface area (TPSA) is 9.23 Å². The molecule has 4 aromatic rings. The van der Waals surface area contributed by atoms with Gasteiger partial charge in [-0.05, 0) is 6.42 Å². The van der Waals surface area contributed by atoms with E-state index in [0.29, 0.717) is 0 Å². The van der Waals surface area contributed by atoms with Crippen molar-refractivity contribution in [3.8, 4) is 0 Å². The van der Waals surface area contributed by atoms with E-state index in [-0.39, 0.29) is 11.2 Å². The summed E-state index contributed by atoms with van der Waals surface area (Å²) in [7, 11) is 0. The van der Waals surface area contributed by atoms with E-state index in [4.69, 9.17) is 4.18 Å². The highest BCUT2D eigenvalue weighted by Crippen LogP contribution is 2.30. The summed E-state index contributed by atoms with van der Waals surface area (Å²) in [6, 6.07) is 0. The Hall–Kier alpha value is -4.15. The van der Waals surface area contributed by atoms with Gasteiger partial charge in [0.25, 0.3) is 0 Å². The predicted octanol–water partition coefficient (Wildman–Crippen LogP) is 9.00. The van der Waals surface area contributed by atoms with Gasteiger partial charge in [0.05, 0.1) is 0 Å². The smallest absolute Gasteiger partial charge is 0.200 e. The lowest BCUT2D eigenvalue weighted by atomic mass is 9.12. The van der Waals surface area contributed by atoms with Crippen molar-refractivity contribution in [1.29, 1.82) is 0 Å². The zero-order chi connectivity index (χ0) is 43.6. The van der Waals surface area contributed by atoms with E-state index in [1.54, 1.807) is 0 Å². The molecule has 0 amide bonds. The highest BCUT2D eigenvalue weighted by atomic mass is 32.2. The average molecular weight is 870 g/mol. The second-order valence-electron chi connectivity index (χ2n) is 12.1. The molecular formula is C34H23BF20OS. The SMILES string of the molecule is CCCCCCCCO[S+](C)C.Fc1c(F)c(F)c([B-](c2c(F)c(F)c(F)c(F)c2F)(c2c(F)c(F)c(F)c(F)c2F)c2c(F)c(F)c(F)c(F)c2F)c(F)c1F. The number of benzene rings is 4. The summed E-state index contributed by atoms with van der Waals surface area (Å²) >= 11 is 0.176. The van der Waals surface area contributed by atoms with E-state index >= 15 is 35.1 Å². The molecule has 0 spiro atoms. The predicted molar refractivity (Wildman–Crippen MR) is 168 cm³/mol. The zero-order valence-electron chi connectivity index (χ0n) is 28.9. The molecule has 57 heavy (non-hydrogen) atoms. The van der Waals surface area contributed by atoms with Crippen molar-refractivity contribution in [1.82, 2.24) is 0 Å². The summed E-state index contributed by atoms with van der Waals surface area (Å²) in [4.78, 5) is 0. The van der Waals surface area contributed by atoms with Crippen LogP contribution in [0.15, 0.2) is 0 Å². The minimum Gasteiger partial charge on any atom is -0.207 e. The molecule has 0 unspecified atom stereocenters. The van der Waals surface area contributed by atoms with Gasteiger partial charge in [0.15, 0.2) is 69.8 Å². The second-order valence-corrected chi connectivity index (χ2v) is 13.9. The van der Waals surface area contributed by atoms with Crippen molar-refractivity contribution >= 4 is 39.2 Å². The molecule has 1 nitrogen and oxygen atoms in total. The molecule has 0 aromatic heterocycles. The molecule has 0 radical (unpaired) electrons. The van der Waals surface area contributed by atoms with E-state index in [1.807, 2.05) is 0 Å². The van der Waals surface area contributed by atoms with E-state index in [1.165, 1.54) is 38.5 Å². The van der Waals surface area contributed by atoms with Gasteiger partial charge in [-0.1, -0.05) is 39.0 Å². The minimum atomic E-state index is -7.22. The van der Waals surface area contributed by atoms with Crippen LogP contribution in [0.1, 0.15) is 45.4 Å². The Morgan fingerprint density at radius 3 is 0.719 bits per heavy atom. The minimum absolute atomic E-state index is 0.176. The maximum Gasteiger partial charge on any atom is 0.200 e. The number of halogens is 20. The molecule has 0 aliphatic heterocycles. The van der Waals surface area contributed by atoms with Gasteiger partial charge in [0.1, 0.15) is 83.0 Å². The van der Waals surface area contributed by atoms with Crippen molar-refractivity contribution in [3.05, 3.63) is 116 Å². The van der Waals surface area contributed by atoms with Crippen molar-refractivity contribution < 1.29 is 92.0 Å². The van der Waals surface area contributed by atoms with Crippen LogP contribution in [0.2, 0.25) is 0 Å². The first kappa shape index (κ1) is 47.2. The van der Waals surface area contributed by atoms with E-state index in [0.717, 1.165) is 6.61 Å². The van der Waals surface area contributed by atoms with E-state index in [2.05, 4.69) is 19.4 Å². The van der Waals surface area contributed by atoms with Crippen LogP contribution < -0.4 is 21.9 Å². The normalized spacial score (nSPS) is 11.8. The maximum atomic E-state index is 15.4. The van der Waals surface area contributed by atoms with E-state index in [9.17, 15) is 52.7 Å². The Morgan fingerprint density at radius 2 is 0.509 bits per heavy atom. The summed E-state index contributed by atoms with van der Waals surface area (Å²) in [6.07, 6.45) is 5.14. The lowest BCUT2D eigenvalue weighted by Gasteiger charge is -2.44. The fourth-order valence-electron chi connectivity index (χ4n) is 5.98. The van der Waals surface area contributed by atoms with Crippen LogP contribution >= 0.6 is 0 Å². The molecule has 23 heteroatoms. The van der Waals surface area contributed by atoms with Crippen molar-refractivity contribution in [3.63, 3.8) is 0 Å². The Kier molecular flexibility index (Phi) is 15.4. The second kappa shape index (κ2) is 18.6. The third-order valence-electron chi connectivity index (χ3n) is 8.52. The van der Waals surface area contributed by atoms with Crippen LogP contribution in [0.3, 0.4) is 0 Å². The van der Waals surface area contributed by atoms with Gasteiger partial charge in [-0.25, -0.2) is 87.8 Å². The van der Waals surface area contributed by atoms with Crippen molar-refractivity contribution in [2.45, 2.75) is 45.4 Å². The lowest BCUT2D eigenvalue weighted by molar-refractivity contribution is 0.347. The molecular weight excluding hydrogens is 847 g/mol. The molecule has 0 N–H and O–H groups in total. The molecule has 0 heterocycles. The number of hydrogen-bond acceptors (Lipinski definition) is 1. The average Bonchev–Trinajstić information content (AvgIpc) is 3.17. The van der Waals surface area contributed by atoms with Crippen LogP contribution in [0, 0.1) is 116 Å². The highest BCUT2D eigenvalue weighted by molar-refractivity contribution is 7.90. The number of unbranched alkanes of at least 4 members (excludes halogenated alkanes) is 5. The quantitative estimate of drug-likeness (QED) is 0.0345. The first-order valence-corrected chi connectivity index (χ1v) is 17.9.